The van der Waals surface area contributed by atoms with Gasteiger partial charge in [0.05, 0.1) is 6.10 Å². The van der Waals surface area contributed by atoms with Crippen molar-refractivity contribution in [3.63, 3.8) is 0 Å². The standard InChI is InChI=1S/C15H23NO/c1-10(2)17-12-7-5-11(6-8-12)14(16)13-9-15(13,3)4/h5-8,10,13-14H,9,16H2,1-4H3. The lowest BCUT2D eigenvalue weighted by atomic mass is 9.98. The molecule has 2 heteroatoms. The molecule has 0 radical (unpaired) electrons. The highest BCUT2D eigenvalue weighted by atomic mass is 16.5. The molecule has 1 aliphatic carbocycles. The third-order valence-corrected chi connectivity index (χ3v) is 3.66. The minimum absolute atomic E-state index is 0.165. The molecule has 0 bridgehead atoms. The molecule has 1 saturated carbocycles. The molecule has 1 aliphatic rings. The lowest BCUT2D eigenvalue weighted by molar-refractivity contribution is 0.242. The van der Waals surface area contributed by atoms with Gasteiger partial charge in [-0.05, 0) is 49.3 Å². The van der Waals surface area contributed by atoms with Crippen LogP contribution in [0.4, 0.5) is 0 Å². The molecule has 94 valence electrons. The van der Waals surface area contributed by atoms with Gasteiger partial charge >= 0.3 is 0 Å². The van der Waals surface area contributed by atoms with Gasteiger partial charge in [-0.3, -0.25) is 0 Å². The number of nitrogens with two attached hydrogens (primary N) is 1. The third-order valence-electron chi connectivity index (χ3n) is 3.66. The van der Waals surface area contributed by atoms with Crippen molar-refractivity contribution in [3.05, 3.63) is 29.8 Å². The van der Waals surface area contributed by atoms with E-state index in [-0.39, 0.29) is 12.1 Å². The van der Waals surface area contributed by atoms with E-state index in [1.807, 2.05) is 26.0 Å². The Labute approximate surface area is 104 Å². The maximum absolute atomic E-state index is 6.29. The van der Waals surface area contributed by atoms with Crippen LogP contribution in [0.1, 0.15) is 45.7 Å². The van der Waals surface area contributed by atoms with Crippen molar-refractivity contribution in [2.75, 3.05) is 0 Å². The molecule has 0 saturated heterocycles. The molecule has 0 aromatic heterocycles. The van der Waals surface area contributed by atoms with Gasteiger partial charge in [-0.2, -0.15) is 0 Å². The van der Waals surface area contributed by atoms with Crippen molar-refractivity contribution in [1.82, 2.24) is 0 Å². The van der Waals surface area contributed by atoms with Gasteiger partial charge in [0.2, 0.25) is 0 Å². The van der Waals surface area contributed by atoms with E-state index in [0.717, 1.165) is 5.75 Å². The monoisotopic (exact) mass is 233 g/mol. The fourth-order valence-electron chi connectivity index (χ4n) is 2.39. The van der Waals surface area contributed by atoms with Crippen LogP contribution in [0.3, 0.4) is 0 Å². The number of rotatable bonds is 4. The number of benzene rings is 1. The molecule has 0 aliphatic heterocycles. The van der Waals surface area contributed by atoms with E-state index in [1.165, 1.54) is 12.0 Å². The minimum Gasteiger partial charge on any atom is -0.491 e. The summed E-state index contributed by atoms with van der Waals surface area (Å²) in [6.45, 7) is 8.64. The highest BCUT2D eigenvalue weighted by molar-refractivity contribution is 5.30. The molecule has 0 amide bonds. The summed E-state index contributed by atoms with van der Waals surface area (Å²) in [7, 11) is 0. The summed E-state index contributed by atoms with van der Waals surface area (Å²) in [6, 6.07) is 8.39. The first kappa shape index (κ1) is 12.4. The number of ether oxygens (including phenoxy) is 1. The Morgan fingerprint density at radius 3 is 2.18 bits per heavy atom. The van der Waals surface area contributed by atoms with Crippen LogP contribution >= 0.6 is 0 Å². The number of hydrogen-bond donors (Lipinski definition) is 1. The third kappa shape index (κ3) is 2.81. The van der Waals surface area contributed by atoms with Gasteiger partial charge in [-0.15, -0.1) is 0 Å². The summed E-state index contributed by atoms with van der Waals surface area (Å²) < 4.78 is 5.63. The van der Waals surface area contributed by atoms with E-state index in [0.29, 0.717) is 11.3 Å². The molecule has 1 aromatic rings. The summed E-state index contributed by atoms with van der Waals surface area (Å²) in [5.41, 5.74) is 7.93. The van der Waals surface area contributed by atoms with Crippen molar-refractivity contribution in [3.8, 4) is 5.75 Å². The van der Waals surface area contributed by atoms with E-state index < -0.39 is 0 Å². The highest BCUT2D eigenvalue weighted by Crippen LogP contribution is 2.56. The van der Waals surface area contributed by atoms with Crippen LogP contribution in [0.5, 0.6) is 5.75 Å². The quantitative estimate of drug-likeness (QED) is 0.863. The van der Waals surface area contributed by atoms with Crippen molar-refractivity contribution in [1.29, 1.82) is 0 Å². The van der Waals surface area contributed by atoms with Gasteiger partial charge in [0.25, 0.3) is 0 Å². The molecule has 2 atom stereocenters. The van der Waals surface area contributed by atoms with Gasteiger partial charge in [0.15, 0.2) is 0 Å². The predicted molar refractivity (Wildman–Crippen MR) is 71.0 cm³/mol. The SMILES string of the molecule is CC(C)Oc1ccc(C(N)C2CC2(C)C)cc1. The average molecular weight is 233 g/mol. The zero-order chi connectivity index (χ0) is 12.6. The van der Waals surface area contributed by atoms with Crippen LogP contribution in [0.25, 0.3) is 0 Å². The molecule has 2 N–H and O–H groups in total. The average Bonchev–Trinajstić information content (AvgIpc) is 2.87. The Bertz CT molecular complexity index is 380. The van der Waals surface area contributed by atoms with E-state index in [2.05, 4.69) is 26.0 Å². The van der Waals surface area contributed by atoms with Crippen molar-refractivity contribution in [2.24, 2.45) is 17.1 Å². The smallest absolute Gasteiger partial charge is 0.119 e. The molecule has 0 spiro atoms. The first-order valence-corrected chi connectivity index (χ1v) is 6.42. The molecule has 17 heavy (non-hydrogen) atoms. The predicted octanol–water partition coefficient (Wildman–Crippen LogP) is 3.52. The van der Waals surface area contributed by atoms with Crippen molar-refractivity contribution in [2.45, 2.75) is 46.3 Å². The Hall–Kier alpha value is -1.02. The topological polar surface area (TPSA) is 35.2 Å². The zero-order valence-electron chi connectivity index (χ0n) is 11.2. The van der Waals surface area contributed by atoms with E-state index >= 15 is 0 Å². The Morgan fingerprint density at radius 2 is 1.76 bits per heavy atom. The van der Waals surface area contributed by atoms with E-state index in [4.69, 9.17) is 10.5 Å². The van der Waals surface area contributed by atoms with Crippen LogP contribution < -0.4 is 10.5 Å². The van der Waals surface area contributed by atoms with Crippen LogP contribution in [0.15, 0.2) is 24.3 Å². The second-order valence-electron chi connectivity index (χ2n) is 6.06. The van der Waals surface area contributed by atoms with Crippen molar-refractivity contribution >= 4 is 0 Å². The largest absolute Gasteiger partial charge is 0.491 e. The highest BCUT2D eigenvalue weighted by Gasteiger charge is 2.49. The summed E-state index contributed by atoms with van der Waals surface area (Å²) in [4.78, 5) is 0. The first-order valence-electron chi connectivity index (χ1n) is 6.42. The molecule has 2 unspecified atom stereocenters. The molecule has 0 heterocycles. The first-order chi connectivity index (χ1) is 7.90. The zero-order valence-corrected chi connectivity index (χ0v) is 11.2. The van der Waals surface area contributed by atoms with Crippen LogP contribution in [0, 0.1) is 11.3 Å². The van der Waals surface area contributed by atoms with Gasteiger partial charge in [0, 0.05) is 6.04 Å². The fraction of sp³-hybridized carbons (Fsp3) is 0.600. The molecule has 1 fully saturated rings. The summed E-state index contributed by atoms with van der Waals surface area (Å²) in [6.07, 6.45) is 1.45. The fourth-order valence-corrected chi connectivity index (χ4v) is 2.39. The van der Waals surface area contributed by atoms with Gasteiger partial charge in [-0.25, -0.2) is 0 Å². The summed E-state index contributed by atoms with van der Waals surface area (Å²) in [5, 5.41) is 0. The molecule has 1 aromatic carbocycles. The minimum atomic E-state index is 0.165. The van der Waals surface area contributed by atoms with Gasteiger partial charge in [0.1, 0.15) is 5.75 Å². The number of hydrogen-bond acceptors (Lipinski definition) is 2. The molecule has 2 rings (SSSR count). The lowest BCUT2D eigenvalue weighted by Crippen LogP contribution is -2.15. The maximum Gasteiger partial charge on any atom is 0.119 e. The van der Waals surface area contributed by atoms with Crippen molar-refractivity contribution < 1.29 is 4.74 Å². The molecule has 2 nitrogen and oxygen atoms in total. The molecular formula is C15H23NO. The second kappa shape index (κ2) is 4.34. The van der Waals surface area contributed by atoms with E-state index in [9.17, 15) is 0 Å². The molecular weight excluding hydrogens is 210 g/mol. The normalized spacial score (nSPS) is 23.5. The summed E-state index contributed by atoms with van der Waals surface area (Å²) >= 11 is 0. The van der Waals surface area contributed by atoms with E-state index in [1.54, 1.807) is 0 Å². The Kier molecular flexibility index (Phi) is 3.17. The van der Waals surface area contributed by atoms with Gasteiger partial charge in [-0.1, -0.05) is 26.0 Å². The Morgan fingerprint density at radius 1 is 1.24 bits per heavy atom. The maximum atomic E-state index is 6.29. The van der Waals surface area contributed by atoms with Crippen LogP contribution in [0.2, 0.25) is 0 Å². The summed E-state index contributed by atoms with van der Waals surface area (Å²) in [5.74, 6) is 1.55. The second-order valence-corrected chi connectivity index (χ2v) is 6.06. The van der Waals surface area contributed by atoms with Crippen LogP contribution in [-0.2, 0) is 0 Å². The lowest BCUT2D eigenvalue weighted by Gasteiger charge is -2.15. The van der Waals surface area contributed by atoms with Crippen LogP contribution in [-0.4, -0.2) is 6.10 Å². The Balaban J connectivity index is 2.03. The van der Waals surface area contributed by atoms with Gasteiger partial charge < -0.3 is 10.5 Å².